The third-order valence-electron chi connectivity index (χ3n) is 3.98. The molecule has 0 saturated heterocycles. The van der Waals surface area contributed by atoms with Crippen LogP contribution in [0.5, 0.6) is 11.6 Å². The SMILES string of the molecule is O=C(CCC(=O)c1ccccc1)NCc1ccc(Oc2cccc(F)c2)nc1. The summed E-state index contributed by atoms with van der Waals surface area (Å²) in [7, 11) is 0. The fourth-order valence-corrected chi connectivity index (χ4v) is 2.51. The summed E-state index contributed by atoms with van der Waals surface area (Å²) < 4.78 is 18.6. The molecule has 0 fully saturated rings. The van der Waals surface area contributed by atoms with E-state index in [0.29, 0.717) is 23.7 Å². The molecule has 0 spiro atoms. The predicted molar refractivity (Wildman–Crippen MR) is 103 cm³/mol. The first-order valence-electron chi connectivity index (χ1n) is 8.83. The Morgan fingerprint density at radius 1 is 0.964 bits per heavy atom. The van der Waals surface area contributed by atoms with Crippen LogP contribution in [0.25, 0.3) is 0 Å². The highest BCUT2D eigenvalue weighted by Gasteiger charge is 2.09. The van der Waals surface area contributed by atoms with Crippen LogP contribution in [0.3, 0.4) is 0 Å². The Morgan fingerprint density at radius 3 is 2.50 bits per heavy atom. The molecule has 0 saturated carbocycles. The zero-order chi connectivity index (χ0) is 19.8. The van der Waals surface area contributed by atoms with Crippen molar-refractivity contribution in [2.45, 2.75) is 19.4 Å². The maximum absolute atomic E-state index is 13.2. The van der Waals surface area contributed by atoms with Crippen LogP contribution < -0.4 is 10.1 Å². The van der Waals surface area contributed by atoms with Gasteiger partial charge in [-0.2, -0.15) is 0 Å². The lowest BCUT2D eigenvalue weighted by Crippen LogP contribution is -2.23. The molecule has 1 aromatic heterocycles. The summed E-state index contributed by atoms with van der Waals surface area (Å²) in [6, 6.07) is 18.1. The van der Waals surface area contributed by atoms with E-state index in [9.17, 15) is 14.0 Å². The first-order chi connectivity index (χ1) is 13.6. The summed E-state index contributed by atoms with van der Waals surface area (Å²) in [5, 5.41) is 2.76. The van der Waals surface area contributed by atoms with Gasteiger partial charge in [-0.25, -0.2) is 9.37 Å². The lowest BCUT2D eigenvalue weighted by Gasteiger charge is -2.07. The summed E-state index contributed by atoms with van der Waals surface area (Å²) in [6.07, 6.45) is 1.86. The second kappa shape index (κ2) is 9.41. The van der Waals surface area contributed by atoms with E-state index in [1.807, 2.05) is 6.07 Å². The summed E-state index contributed by atoms with van der Waals surface area (Å²) in [4.78, 5) is 28.1. The second-order valence-electron chi connectivity index (χ2n) is 6.13. The average Bonchev–Trinajstić information content (AvgIpc) is 2.72. The Balaban J connectivity index is 1.44. The topological polar surface area (TPSA) is 68.3 Å². The minimum absolute atomic E-state index is 0.0590. The maximum Gasteiger partial charge on any atom is 0.220 e. The van der Waals surface area contributed by atoms with Crippen LogP contribution in [0.15, 0.2) is 72.9 Å². The van der Waals surface area contributed by atoms with Gasteiger partial charge in [-0.05, 0) is 17.7 Å². The number of nitrogens with one attached hydrogen (secondary N) is 1. The van der Waals surface area contributed by atoms with E-state index in [0.717, 1.165) is 5.56 Å². The maximum atomic E-state index is 13.2. The number of aromatic nitrogens is 1. The minimum atomic E-state index is -0.387. The average molecular weight is 378 g/mol. The molecule has 0 atom stereocenters. The fourth-order valence-electron chi connectivity index (χ4n) is 2.51. The smallest absolute Gasteiger partial charge is 0.220 e. The number of hydrogen-bond donors (Lipinski definition) is 1. The van der Waals surface area contributed by atoms with Gasteiger partial charge >= 0.3 is 0 Å². The molecule has 0 radical (unpaired) electrons. The van der Waals surface area contributed by atoms with Crippen molar-refractivity contribution in [3.05, 3.63) is 89.9 Å². The van der Waals surface area contributed by atoms with Crippen LogP contribution in [0, 0.1) is 5.82 Å². The number of Topliss-reactive ketones (excluding diaryl/α,β-unsaturated/α-hetero) is 1. The highest BCUT2D eigenvalue weighted by molar-refractivity contribution is 5.97. The normalized spacial score (nSPS) is 10.3. The number of carbonyl (C=O) groups is 2. The van der Waals surface area contributed by atoms with Crippen LogP contribution in [0.4, 0.5) is 4.39 Å². The van der Waals surface area contributed by atoms with Gasteiger partial charge in [-0.15, -0.1) is 0 Å². The molecular weight excluding hydrogens is 359 g/mol. The van der Waals surface area contributed by atoms with Gasteiger partial charge in [-0.1, -0.05) is 42.5 Å². The van der Waals surface area contributed by atoms with Crippen LogP contribution in [-0.2, 0) is 11.3 Å². The number of nitrogens with zero attached hydrogens (tertiary/aromatic N) is 1. The van der Waals surface area contributed by atoms with Crippen molar-refractivity contribution in [2.75, 3.05) is 0 Å². The van der Waals surface area contributed by atoms with Crippen molar-refractivity contribution in [3.63, 3.8) is 0 Å². The van der Waals surface area contributed by atoms with E-state index in [1.54, 1.807) is 54.7 Å². The third kappa shape index (κ3) is 5.74. The Kier molecular flexibility index (Phi) is 6.46. The highest BCUT2D eigenvalue weighted by atomic mass is 19.1. The van der Waals surface area contributed by atoms with Crippen molar-refractivity contribution in [3.8, 4) is 11.6 Å². The Morgan fingerprint density at radius 2 is 1.79 bits per heavy atom. The first-order valence-corrected chi connectivity index (χ1v) is 8.83. The van der Waals surface area contributed by atoms with Gasteiger partial charge in [0.15, 0.2) is 5.78 Å². The molecule has 0 unspecified atom stereocenters. The number of halogens is 1. The van der Waals surface area contributed by atoms with Crippen LogP contribution in [0.1, 0.15) is 28.8 Å². The molecular formula is C22H19FN2O3. The summed E-state index contributed by atoms with van der Waals surface area (Å²) >= 11 is 0. The summed E-state index contributed by atoms with van der Waals surface area (Å²) in [5.41, 5.74) is 1.39. The molecule has 1 amide bonds. The summed E-state index contributed by atoms with van der Waals surface area (Å²) in [5.74, 6) is 0.0361. The number of benzene rings is 2. The van der Waals surface area contributed by atoms with Crippen molar-refractivity contribution in [2.24, 2.45) is 0 Å². The molecule has 2 aromatic carbocycles. The molecule has 0 aliphatic carbocycles. The van der Waals surface area contributed by atoms with Gasteiger partial charge in [0.2, 0.25) is 11.8 Å². The zero-order valence-electron chi connectivity index (χ0n) is 15.1. The lowest BCUT2D eigenvalue weighted by atomic mass is 10.1. The first kappa shape index (κ1) is 19.2. The number of hydrogen-bond acceptors (Lipinski definition) is 4. The number of amides is 1. The lowest BCUT2D eigenvalue weighted by molar-refractivity contribution is -0.121. The quantitative estimate of drug-likeness (QED) is 0.594. The number of ether oxygens (including phenoxy) is 1. The van der Waals surface area contributed by atoms with Crippen molar-refractivity contribution < 1.29 is 18.7 Å². The van der Waals surface area contributed by atoms with E-state index in [-0.39, 0.29) is 30.3 Å². The molecule has 1 N–H and O–H groups in total. The fraction of sp³-hybridized carbons (Fsp3) is 0.136. The largest absolute Gasteiger partial charge is 0.439 e. The molecule has 6 heteroatoms. The second-order valence-corrected chi connectivity index (χ2v) is 6.13. The van der Waals surface area contributed by atoms with Crippen molar-refractivity contribution >= 4 is 11.7 Å². The van der Waals surface area contributed by atoms with Gasteiger partial charge in [0.05, 0.1) is 0 Å². The number of pyridine rings is 1. The molecule has 142 valence electrons. The van der Waals surface area contributed by atoms with Gasteiger partial charge < -0.3 is 10.1 Å². The number of carbonyl (C=O) groups excluding carboxylic acids is 2. The van der Waals surface area contributed by atoms with Crippen molar-refractivity contribution in [1.82, 2.24) is 10.3 Å². The standard InChI is InChI=1S/C22H19FN2O3/c23-18-7-4-8-19(13-18)28-22-12-9-16(15-25-22)14-24-21(27)11-10-20(26)17-5-2-1-3-6-17/h1-9,12-13,15H,10-11,14H2,(H,24,27). The van der Waals surface area contributed by atoms with Gasteiger partial charge in [-0.3, -0.25) is 9.59 Å². The van der Waals surface area contributed by atoms with Crippen LogP contribution in [-0.4, -0.2) is 16.7 Å². The monoisotopic (exact) mass is 378 g/mol. The van der Waals surface area contributed by atoms with Gasteiger partial charge in [0.1, 0.15) is 11.6 Å². The number of ketones is 1. The Labute approximate surface area is 162 Å². The predicted octanol–water partition coefficient (Wildman–Crippen LogP) is 4.29. The molecule has 0 aliphatic rings. The van der Waals surface area contributed by atoms with E-state index in [2.05, 4.69) is 10.3 Å². The summed E-state index contributed by atoms with van der Waals surface area (Å²) in [6.45, 7) is 0.297. The molecule has 28 heavy (non-hydrogen) atoms. The highest BCUT2D eigenvalue weighted by Crippen LogP contribution is 2.20. The van der Waals surface area contributed by atoms with E-state index >= 15 is 0 Å². The zero-order valence-corrected chi connectivity index (χ0v) is 15.1. The van der Waals surface area contributed by atoms with E-state index in [4.69, 9.17) is 4.74 Å². The molecule has 5 nitrogen and oxygen atoms in total. The molecule has 0 aliphatic heterocycles. The molecule has 3 aromatic rings. The van der Waals surface area contributed by atoms with Crippen LogP contribution >= 0.6 is 0 Å². The third-order valence-corrected chi connectivity index (χ3v) is 3.98. The molecule has 1 heterocycles. The van der Waals surface area contributed by atoms with Gasteiger partial charge in [0, 0.05) is 43.3 Å². The van der Waals surface area contributed by atoms with Gasteiger partial charge in [0.25, 0.3) is 0 Å². The van der Waals surface area contributed by atoms with Crippen LogP contribution in [0.2, 0.25) is 0 Å². The van der Waals surface area contributed by atoms with E-state index in [1.165, 1.54) is 12.1 Å². The van der Waals surface area contributed by atoms with Crippen molar-refractivity contribution in [1.29, 1.82) is 0 Å². The molecule has 0 bridgehead atoms. The molecule has 3 rings (SSSR count). The Bertz CT molecular complexity index is 944. The Hall–Kier alpha value is -3.54. The van der Waals surface area contributed by atoms with E-state index < -0.39 is 0 Å². The number of rotatable bonds is 8. The minimum Gasteiger partial charge on any atom is -0.439 e.